The van der Waals surface area contributed by atoms with Crippen LogP contribution in [0.5, 0.6) is 5.75 Å². The number of methoxy groups -OCH3 is 1. The smallest absolute Gasteiger partial charge is 0.244 e. The molecule has 174 valence electrons. The molecule has 0 aliphatic carbocycles. The van der Waals surface area contributed by atoms with Gasteiger partial charge < -0.3 is 15.0 Å². The summed E-state index contributed by atoms with van der Waals surface area (Å²) in [6.07, 6.45) is 0.0987. The number of carbonyl (C=O) groups is 2. The number of carbonyl (C=O) groups excluding carboxylic acids is 2. The molecule has 3 rings (SSSR count). The highest BCUT2D eigenvalue weighted by atomic mass is 32.2. The zero-order valence-electron chi connectivity index (χ0n) is 18.8. The number of sulfonamides is 1. The molecule has 10 heteroatoms. The minimum atomic E-state index is -3.57. The Balaban J connectivity index is 1.65. The monoisotopic (exact) mass is 479 g/mol. The number of amides is 2. The topological polar surface area (TPSA) is 96.0 Å². The van der Waals surface area contributed by atoms with Gasteiger partial charge in [0.1, 0.15) is 5.75 Å². The van der Waals surface area contributed by atoms with Crippen LogP contribution in [0.3, 0.4) is 0 Å². The average Bonchev–Trinajstić information content (AvgIpc) is 3.11. The highest BCUT2D eigenvalue weighted by molar-refractivity contribution is 7.89. The Bertz CT molecular complexity index is 1070. The van der Waals surface area contributed by atoms with E-state index in [9.17, 15) is 18.0 Å². The second-order valence-electron chi connectivity index (χ2n) is 7.79. The summed E-state index contributed by atoms with van der Waals surface area (Å²) >= 11 is 1.46. The predicted molar refractivity (Wildman–Crippen MR) is 123 cm³/mol. The number of thiophene rings is 1. The molecule has 1 aromatic heterocycles. The van der Waals surface area contributed by atoms with Crippen molar-refractivity contribution in [2.24, 2.45) is 0 Å². The third-order valence-electron chi connectivity index (χ3n) is 5.48. The maximum absolute atomic E-state index is 13.0. The molecule has 1 saturated heterocycles. The molecule has 1 aromatic carbocycles. The number of piperazine rings is 1. The number of aryl methyl sites for hydroxylation is 2. The third kappa shape index (κ3) is 5.48. The van der Waals surface area contributed by atoms with E-state index in [2.05, 4.69) is 5.32 Å². The van der Waals surface area contributed by atoms with E-state index in [0.29, 0.717) is 23.7 Å². The maximum Gasteiger partial charge on any atom is 0.244 e. The van der Waals surface area contributed by atoms with Crippen molar-refractivity contribution in [3.63, 3.8) is 0 Å². The summed E-state index contributed by atoms with van der Waals surface area (Å²) in [7, 11) is -2.00. The summed E-state index contributed by atoms with van der Waals surface area (Å²) in [4.78, 5) is 28.4. The molecule has 1 aliphatic heterocycles. The van der Waals surface area contributed by atoms with E-state index >= 15 is 0 Å². The molecule has 2 heterocycles. The van der Waals surface area contributed by atoms with E-state index in [1.54, 1.807) is 30.2 Å². The summed E-state index contributed by atoms with van der Waals surface area (Å²) in [5.41, 5.74) is 0.805. The molecule has 1 atom stereocenters. The molecule has 1 unspecified atom stereocenters. The van der Waals surface area contributed by atoms with Crippen molar-refractivity contribution in [1.29, 1.82) is 0 Å². The molecule has 32 heavy (non-hydrogen) atoms. The summed E-state index contributed by atoms with van der Waals surface area (Å²) in [5, 5.41) is 2.83. The van der Waals surface area contributed by atoms with Crippen molar-refractivity contribution >= 4 is 33.2 Å². The van der Waals surface area contributed by atoms with Crippen molar-refractivity contribution in [1.82, 2.24) is 14.5 Å². The van der Waals surface area contributed by atoms with Gasteiger partial charge in [-0.2, -0.15) is 4.31 Å². The Morgan fingerprint density at radius 1 is 1.12 bits per heavy atom. The highest BCUT2D eigenvalue weighted by Gasteiger charge is 2.32. The summed E-state index contributed by atoms with van der Waals surface area (Å²) in [6.45, 7) is 6.24. The molecule has 2 amide bonds. The summed E-state index contributed by atoms with van der Waals surface area (Å²) < 4.78 is 32.6. The first-order valence-corrected chi connectivity index (χ1v) is 12.6. The second kappa shape index (κ2) is 10.0. The standard InChI is InChI=1S/C22H29N3O5S2/c1-15-13-21(16(2)31-15)32(28,29)25-11-9-24(10-12-25)22(27)14-20(23-17(3)26)18-5-7-19(30-4)8-6-18/h5-8,13,20H,9-12,14H2,1-4H3,(H,23,26). The fourth-order valence-corrected chi connectivity index (χ4v) is 6.76. The Morgan fingerprint density at radius 3 is 2.25 bits per heavy atom. The van der Waals surface area contributed by atoms with Crippen LogP contribution < -0.4 is 10.1 Å². The molecule has 2 aromatic rings. The summed E-state index contributed by atoms with van der Waals surface area (Å²) in [6, 6.07) is 8.45. The van der Waals surface area contributed by atoms with Crippen LogP contribution in [0, 0.1) is 13.8 Å². The van der Waals surface area contributed by atoms with Gasteiger partial charge in [-0.25, -0.2) is 8.42 Å². The van der Waals surface area contributed by atoms with E-state index in [1.165, 1.54) is 22.6 Å². The quantitative estimate of drug-likeness (QED) is 0.658. The van der Waals surface area contributed by atoms with Crippen LogP contribution in [0.4, 0.5) is 0 Å². The van der Waals surface area contributed by atoms with E-state index in [0.717, 1.165) is 15.3 Å². The van der Waals surface area contributed by atoms with Gasteiger partial charge in [-0.3, -0.25) is 9.59 Å². The van der Waals surface area contributed by atoms with Crippen LogP contribution in [-0.4, -0.2) is 62.7 Å². The number of nitrogens with one attached hydrogen (secondary N) is 1. The van der Waals surface area contributed by atoms with Crippen LogP contribution in [-0.2, 0) is 19.6 Å². The molecule has 0 saturated carbocycles. The molecular formula is C22H29N3O5S2. The van der Waals surface area contributed by atoms with Gasteiger partial charge in [0, 0.05) is 42.9 Å². The lowest BCUT2D eigenvalue weighted by molar-refractivity contribution is -0.133. The fraction of sp³-hybridized carbons (Fsp3) is 0.455. The van der Waals surface area contributed by atoms with Crippen molar-refractivity contribution in [2.45, 2.75) is 38.1 Å². The van der Waals surface area contributed by atoms with Crippen LogP contribution in [0.15, 0.2) is 35.2 Å². The second-order valence-corrected chi connectivity index (χ2v) is 11.2. The lowest BCUT2D eigenvalue weighted by atomic mass is 10.0. The van der Waals surface area contributed by atoms with Crippen molar-refractivity contribution < 1.29 is 22.7 Å². The van der Waals surface area contributed by atoms with Gasteiger partial charge in [0.25, 0.3) is 0 Å². The van der Waals surface area contributed by atoms with Gasteiger partial charge >= 0.3 is 0 Å². The Kier molecular flexibility index (Phi) is 7.58. The zero-order valence-corrected chi connectivity index (χ0v) is 20.4. The van der Waals surface area contributed by atoms with E-state index in [1.807, 2.05) is 26.0 Å². The van der Waals surface area contributed by atoms with Crippen LogP contribution in [0.25, 0.3) is 0 Å². The van der Waals surface area contributed by atoms with E-state index in [4.69, 9.17) is 4.74 Å². The van der Waals surface area contributed by atoms with E-state index in [-0.39, 0.29) is 31.3 Å². The Labute approximate surface area is 193 Å². The first-order valence-electron chi connectivity index (χ1n) is 10.4. The first-order chi connectivity index (χ1) is 15.1. The normalized spacial score (nSPS) is 15.9. The van der Waals surface area contributed by atoms with Gasteiger partial charge in [0.2, 0.25) is 21.8 Å². The SMILES string of the molecule is COc1ccc(C(CC(=O)N2CCN(S(=O)(=O)c3cc(C)sc3C)CC2)NC(C)=O)cc1. The lowest BCUT2D eigenvalue weighted by Gasteiger charge is -2.34. The third-order valence-corrected chi connectivity index (χ3v) is 8.60. The van der Waals surface area contributed by atoms with Crippen LogP contribution in [0.2, 0.25) is 0 Å². The van der Waals surface area contributed by atoms with Crippen molar-refractivity contribution in [2.75, 3.05) is 33.3 Å². The predicted octanol–water partition coefficient (Wildman–Crippen LogP) is 2.47. The molecule has 1 aliphatic rings. The molecule has 0 radical (unpaired) electrons. The minimum Gasteiger partial charge on any atom is -0.497 e. The van der Waals surface area contributed by atoms with Crippen molar-refractivity contribution in [3.05, 3.63) is 45.6 Å². The number of ether oxygens (including phenoxy) is 1. The number of rotatable bonds is 7. The largest absolute Gasteiger partial charge is 0.497 e. The number of nitrogens with zero attached hydrogens (tertiary/aromatic N) is 2. The van der Waals surface area contributed by atoms with Gasteiger partial charge in [-0.1, -0.05) is 12.1 Å². The van der Waals surface area contributed by atoms with Gasteiger partial charge in [0.15, 0.2) is 0 Å². The Hall–Kier alpha value is -2.43. The maximum atomic E-state index is 13.0. The molecule has 8 nitrogen and oxygen atoms in total. The fourth-order valence-electron chi connectivity index (χ4n) is 3.82. The number of hydrogen-bond donors (Lipinski definition) is 1. The van der Waals surface area contributed by atoms with Crippen LogP contribution in [0.1, 0.15) is 34.7 Å². The average molecular weight is 480 g/mol. The van der Waals surface area contributed by atoms with Gasteiger partial charge in [-0.15, -0.1) is 11.3 Å². The molecule has 1 N–H and O–H groups in total. The van der Waals surface area contributed by atoms with Gasteiger partial charge in [0.05, 0.1) is 24.5 Å². The number of benzene rings is 1. The Morgan fingerprint density at radius 2 is 1.75 bits per heavy atom. The lowest BCUT2D eigenvalue weighted by Crippen LogP contribution is -2.51. The molecular weight excluding hydrogens is 450 g/mol. The first kappa shape index (κ1) is 24.2. The highest BCUT2D eigenvalue weighted by Crippen LogP contribution is 2.28. The van der Waals surface area contributed by atoms with Gasteiger partial charge in [-0.05, 0) is 37.6 Å². The summed E-state index contributed by atoms with van der Waals surface area (Å²) in [5.74, 6) is 0.338. The number of hydrogen-bond acceptors (Lipinski definition) is 6. The minimum absolute atomic E-state index is 0.0987. The van der Waals surface area contributed by atoms with Crippen molar-refractivity contribution in [3.8, 4) is 5.75 Å². The molecule has 1 fully saturated rings. The van der Waals surface area contributed by atoms with E-state index < -0.39 is 16.1 Å². The molecule has 0 bridgehead atoms. The zero-order chi connectivity index (χ0) is 23.5. The molecule has 0 spiro atoms. The van der Waals surface area contributed by atoms with Crippen LogP contribution >= 0.6 is 11.3 Å².